The van der Waals surface area contributed by atoms with Crippen LogP contribution in [0.15, 0.2) is 24.3 Å². The molecule has 4 nitrogen and oxygen atoms in total. The van der Waals surface area contributed by atoms with Crippen LogP contribution in [-0.4, -0.2) is 29.9 Å². The molecule has 0 aliphatic carbocycles. The highest BCUT2D eigenvalue weighted by atomic mass is 16.6. The number of amides is 1. The third-order valence-electron chi connectivity index (χ3n) is 4.15. The molecule has 0 saturated carbocycles. The van der Waals surface area contributed by atoms with Crippen LogP contribution in [0.5, 0.6) is 0 Å². The van der Waals surface area contributed by atoms with Gasteiger partial charge in [-0.05, 0) is 6.07 Å². The van der Waals surface area contributed by atoms with Crippen LogP contribution in [0.1, 0.15) is 42.1 Å². The van der Waals surface area contributed by atoms with Gasteiger partial charge in [-0.15, -0.1) is 0 Å². The Morgan fingerprint density at radius 3 is 2.68 bits per heavy atom. The first-order chi connectivity index (χ1) is 9.16. The average Bonchev–Trinajstić information content (AvgIpc) is 2.72. The Kier molecular flexibility index (Phi) is 2.81. The molecule has 19 heavy (non-hydrogen) atoms. The van der Waals surface area contributed by atoms with Gasteiger partial charge in [-0.25, -0.2) is 4.79 Å². The molecule has 0 N–H and O–H groups in total. The zero-order chi connectivity index (χ0) is 13.5. The zero-order valence-corrected chi connectivity index (χ0v) is 11.0. The van der Waals surface area contributed by atoms with Crippen molar-refractivity contribution in [3.05, 3.63) is 35.4 Å². The molecular weight excluding hydrogens is 242 g/mol. The molecule has 0 bridgehead atoms. The molecule has 1 aromatic rings. The first kappa shape index (κ1) is 12.2. The first-order valence-electron chi connectivity index (χ1n) is 6.77. The summed E-state index contributed by atoms with van der Waals surface area (Å²) in [5.41, 5.74) is 1.17. The second-order valence-electron chi connectivity index (χ2n) is 5.16. The van der Waals surface area contributed by atoms with Crippen LogP contribution in [-0.2, 0) is 15.1 Å². The quantitative estimate of drug-likeness (QED) is 0.725. The number of piperidine rings is 1. The van der Waals surface area contributed by atoms with Gasteiger partial charge in [0.2, 0.25) is 5.91 Å². The smallest absolute Gasteiger partial charge is 0.339 e. The summed E-state index contributed by atoms with van der Waals surface area (Å²) in [4.78, 5) is 25.5. The van der Waals surface area contributed by atoms with Gasteiger partial charge in [0.1, 0.15) is 5.60 Å². The van der Waals surface area contributed by atoms with Gasteiger partial charge in [-0.3, -0.25) is 4.79 Å². The highest BCUT2D eigenvalue weighted by Gasteiger charge is 2.47. The fourth-order valence-electron chi connectivity index (χ4n) is 3.06. The lowest BCUT2D eigenvalue weighted by atomic mass is 9.84. The SMILES string of the molecule is CCC(=O)N1CCC2(CC1)OC(=O)c1ccccc12. The van der Waals surface area contributed by atoms with Gasteiger partial charge in [-0.1, -0.05) is 25.1 Å². The van der Waals surface area contributed by atoms with Gasteiger partial charge in [0.25, 0.3) is 0 Å². The van der Waals surface area contributed by atoms with Crippen molar-refractivity contribution in [2.24, 2.45) is 0 Å². The molecule has 3 rings (SSSR count). The molecule has 0 unspecified atom stereocenters. The van der Waals surface area contributed by atoms with E-state index in [0.29, 0.717) is 37.9 Å². The van der Waals surface area contributed by atoms with E-state index in [1.807, 2.05) is 36.1 Å². The molecule has 1 spiro atoms. The maximum Gasteiger partial charge on any atom is 0.339 e. The Bertz CT molecular complexity index is 530. The number of fused-ring (bicyclic) bond motifs is 2. The van der Waals surface area contributed by atoms with Crippen LogP contribution in [0.3, 0.4) is 0 Å². The fraction of sp³-hybridized carbons (Fsp3) is 0.467. The van der Waals surface area contributed by atoms with E-state index in [9.17, 15) is 9.59 Å². The van der Waals surface area contributed by atoms with E-state index in [-0.39, 0.29) is 11.9 Å². The van der Waals surface area contributed by atoms with Crippen molar-refractivity contribution in [2.45, 2.75) is 31.8 Å². The summed E-state index contributed by atoms with van der Waals surface area (Å²) in [6.07, 6.45) is 1.92. The summed E-state index contributed by atoms with van der Waals surface area (Å²) in [5, 5.41) is 0. The maximum absolute atomic E-state index is 11.9. The predicted molar refractivity (Wildman–Crippen MR) is 69.6 cm³/mol. The van der Waals surface area contributed by atoms with Crippen LogP contribution < -0.4 is 0 Å². The van der Waals surface area contributed by atoms with Crippen molar-refractivity contribution in [3.8, 4) is 0 Å². The number of nitrogens with zero attached hydrogens (tertiary/aromatic N) is 1. The number of hydrogen-bond acceptors (Lipinski definition) is 3. The van der Waals surface area contributed by atoms with Crippen LogP contribution in [0.4, 0.5) is 0 Å². The van der Waals surface area contributed by atoms with Crippen molar-refractivity contribution in [1.29, 1.82) is 0 Å². The Morgan fingerprint density at radius 2 is 2.00 bits per heavy atom. The number of likely N-dealkylation sites (tertiary alicyclic amines) is 1. The molecule has 2 heterocycles. The second kappa shape index (κ2) is 4.37. The van der Waals surface area contributed by atoms with E-state index in [0.717, 1.165) is 5.56 Å². The molecule has 0 radical (unpaired) electrons. The predicted octanol–water partition coefficient (Wildman–Crippen LogP) is 2.08. The molecule has 100 valence electrons. The molecule has 2 aliphatic heterocycles. The lowest BCUT2D eigenvalue weighted by Crippen LogP contribution is -2.45. The molecule has 0 aromatic heterocycles. The van der Waals surface area contributed by atoms with Crippen LogP contribution in [0, 0.1) is 0 Å². The van der Waals surface area contributed by atoms with Crippen molar-refractivity contribution < 1.29 is 14.3 Å². The Labute approximate surface area is 112 Å². The minimum absolute atomic E-state index is 0.174. The zero-order valence-electron chi connectivity index (χ0n) is 11.0. The van der Waals surface area contributed by atoms with E-state index in [4.69, 9.17) is 4.74 Å². The number of rotatable bonds is 1. The Hall–Kier alpha value is -1.84. The summed E-state index contributed by atoms with van der Waals surface area (Å²) >= 11 is 0. The summed E-state index contributed by atoms with van der Waals surface area (Å²) in [6, 6.07) is 7.58. The molecule has 2 aliphatic rings. The maximum atomic E-state index is 11.9. The number of hydrogen-bond donors (Lipinski definition) is 0. The summed E-state index contributed by atoms with van der Waals surface area (Å²) in [6.45, 7) is 3.19. The van der Waals surface area contributed by atoms with Crippen LogP contribution >= 0.6 is 0 Å². The van der Waals surface area contributed by atoms with E-state index < -0.39 is 5.60 Å². The van der Waals surface area contributed by atoms with Crippen LogP contribution in [0.25, 0.3) is 0 Å². The van der Waals surface area contributed by atoms with Gasteiger partial charge in [0.05, 0.1) is 5.56 Å². The van der Waals surface area contributed by atoms with Crippen molar-refractivity contribution >= 4 is 11.9 Å². The van der Waals surface area contributed by atoms with Gasteiger partial charge in [0.15, 0.2) is 0 Å². The van der Waals surface area contributed by atoms with Crippen LogP contribution in [0.2, 0.25) is 0 Å². The van der Waals surface area contributed by atoms with E-state index in [1.54, 1.807) is 0 Å². The number of carbonyl (C=O) groups is 2. The number of esters is 1. The molecule has 1 fully saturated rings. The molecule has 0 atom stereocenters. The van der Waals surface area contributed by atoms with Gasteiger partial charge >= 0.3 is 5.97 Å². The second-order valence-corrected chi connectivity index (χ2v) is 5.16. The van der Waals surface area contributed by atoms with Crippen molar-refractivity contribution in [2.75, 3.05) is 13.1 Å². The highest BCUT2D eigenvalue weighted by molar-refractivity contribution is 5.94. The van der Waals surface area contributed by atoms with E-state index in [2.05, 4.69) is 0 Å². The topological polar surface area (TPSA) is 46.6 Å². The normalized spacial score (nSPS) is 20.3. The largest absolute Gasteiger partial charge is 0.450 e. The minimum Gasteiger partial charge on any atom is -0.450 e. The fourth-order valence-corrected chi connectivity index (χ4v) is 3.06. The number of carbonyl (C=O) groups excluding carboxylic acids is 2. The van der Waals surface area contributed by atoms with Gasteiger partial charge in [-0.2, -0.15) is 0 Å². The Balaban J connectivity index is 1.85. The average molecular weight is 259 g/mol. The Morgan fingerprint density at radius 1 is 1.32 bits per heavy atom. The standard InChI is InChI=1S/C15H17NO3/c1-2-13(17)16-9-7-15(8-10-16)12-6-4-3-5-11(12)14(18)19-15/h3-6H,2,7-10H2,1H3. The molecule has 1 amide bonds. The molecule has 1 aromatic carbocycles. The highest BCUT2D eigenvalue weighted by Crippen LogP contribution is 2.43. The lowest BCUT2D eigenvalue weighted by Gasteiger charge is -2.38. The lowest BCUT2D eigenvalue weighted by molar-refractivity contribution is -0.135. The molecule has 1 saturated heterocycles. The summed E-state index contributed by atoms with van der Waals surface area (Å²) in [7, 11) is 0. The molecular formula is C15H17NO3. The first-order valence-corrected chi connectivity index (χ1v) is 6.77. The van der Waals surface area contributed by atoms with E-state index >= 15 is 0 Å². The molecule has 4 heteroatoms. The van der Waals surface area contributed by atoms with Gasteiger partial charge in [0, 0.05) is 37.9 Å². The van der Waals surface area contributed by atoms with E-state index in [1.165, 1.54) is 0 Å². The van der Waals surface area contributed by atoms with Crippen molar-refractivity contribution in [3.63, 3.8) is 0 Å². The third kappa shape index (κ3) is 1.82. The van der Waals surface area contributed by atoms with Gasteiger partial charge < -0.3 is 9.64 Å². The summed E-state index contributed by atoms with van der Waals surface area (Å²) in [5.74, 6) is -0.0571. The minimum atomic E-state index is -0.502. The number of benzene rings is 1. The monoisotopic (exact) mass is 259 g/mol. The summed E-state index contributed by atoms with van der Waals surface area (Å²) < 4.78 is 5.65. The third-order valence-corrected chi connectivity index (χ3v) is 4.15. The number of ether oxygens (including phenoxy) is 1. The van der Waals surface area contributed by atoms with Crippen molar-refractivity contribution in [1.82, 2.24) is 4.90 Å².